The van der Waals surface area contributed by atoms with Gasteiger partial charge in [-0.05, 0) is 37.2 Å². The largest absolute Gasteiger partial charge is 0.375 e. The molecule has 0 aliphatic heterocycles. The smallest absolute Gasteiger partial charge is 0.0363 e. The second-order valence-electron chi connectivity index (χ2n) is 4.90. The summed E-state index contributed by atoms with van der Waals surface area (Å²) < 4.78 is 2.16. The molecule has 3 nitrogen and oxygen atoms in total. The number of aromatic nitrogens is 1. The van der Waals surface area contributed by atoms with Crippen LogP contribution in [0.25, 0.3) is 0 Å². The molecule has 2 aromatic rings. The molecule has 1 heterocycles. The number of anilines is 1. The first-order valence-corrected chi connectivity index (χ1v) is 6.84. The molecule has 0 unspecified atom stereocenters. The average Bonchev–Trinajstić information content (AvgIpc) is 2.85. The first-order chi connectivity index (χ1) is 9.27. The molecule has 0 saturated heterocycles. The van der Waals surface area contributed by atoms with Gasteiger partial charge in [0.05, 0.1) is 0 Å². The van der Waals surface area contributed by atoms with Gasteiger partial charge in [-0.15, -0.1) is 0 Å². The normalized spacial score (nSPS) is 10.6. The Hall–Kier alpha value is -1.74. The third-order valence-corrected chi connectivity index (χ3v) is 3.40. The number of benzene rings is 1. The van der Waals surface area contributed by atoms with Crippen molar-refractivity contribution in [3.8, 4) is 0 Å². The Balaban J connectivity index is 1.63. The molecular formula is C16H23N3. The van der Waals surface area contributed by atoms with Crippen LogP contribution in [-0.2, 0) is 13.6 Å². The summed E-state index contributed by atoms with van der Waals surface area (Å²) in [5, 5.41) is 3.49. The molecule has 0 amide bonds. The third kappa shape index (κ3) is 4.14. The zero-order chi connectivity index (χ0) is 13.5. The summed E-state index contributed by atoms with van der Waals surface area (Å²) in [5.41, 5.74) is 2.61. The molecular weight excluding hydrogens is 234 g/mol. The van der Waals surface area contributed by atoms with E-state index in [1.807, 2.05) is 0 Å². The molecule has 102 valence electrons. The molecule has 19 heavy (non-hydrogen) atoms. The van der Waals surface area contributed by atoms with Crippen LogP contribution in [0.4, 0.5) is 5.69 Å². The molecule has 1 aromatic heterocycles. The van der Waals surface area contributed by atoms with Crippen molar-refractivity contribution in [2.45, 2.75) is 13.0 Å². The van der Waals surface area contributed by atoms with Gasteiger partial charge in [-0.25, -0.2) is 0 Å². The van der Waals surface area contributed by atoms with E-state index >= 15 is 0 Å². The second kappa shape index (κ2) is 7.00. The van der Waals surface area contributed by atoms with Crippen LogP contribution in [0.1, 0.15) is 12.1 Å². The van der Waals surface area contributed by atoms with Crippen molar-refractivity contribution >= 4 is 5.69 Å². The Morgan fingerprint density at radius 3 is 2.58 bits per heavy atom. The summed E-state index contributed by atoms with van der Waals surface area (Å²) in [5.74, 6) is 0. The van der Waals surface area contributed by atoms with Gasteiger partial charge < -0.3 is 14.8 Å². The van der Waals surface area contributed by atoms with Crippen LogP contribution in [0.2, 0.25) is 0 Å². The Morgan fingerprint density at radius 2 is 1.89 bits per heavy atom. The molecule has 0 radical (unpaired) electrons. The van der Waals surface area contributed by atoms with Crippen LogP contribution in [0.15, 0.2) is 48.7 Å². The molecule has 0 atom stereocenters. The molecule has 3 heteroatoms. The molecule has 0 fully saturated rings. The lowest BCUT2D eigenvalue weighted by molar-refractivity contribution is 0.623. The number of aryl methyl sites for hydroxylation is 1. The lowest BCUT2D eigenvalue weighted by Gasteiger charge is -2.19. The Labute approximate surface area is 115 Å². The number of hydrogen-bond acceptors (Lipinski definition) is 2. The van der Waals surface area contributed by atoms with Crippen molar-refractivity contribution in [3.63, 3.8) is 0 Å². The van der Waals surface area contributed by atoms with Gasteiger partial charge in [0.25, 0.3) is 0 Å². The summed E-state index contributed by atoms with van der Waals surface area (Å²) >= 11 is 0. The van der Waals surface area contributed by atoms with E-state index in [1.54, 1.807) is 0 Å². The zero-order valence-electron chi connectivity index (χ0n) is 11.8. The summed E-state index contributed by atoms with van der Waals surface area (Å²) in [4.78, 5) is 2.30. The lowest BCUT2D eigenvalue weighted by Crippen LogP contribution is -2.24. The summed E-state index contributed by atoms with van der Waals surface area (Å²) in [7, 11) is 4.23. The first kappa shape index (κ1) is 13.7. The van der Waals surface area contributed by atoms with E-state index in [9.17, 15) is 0 Å². The molecule has 0 spiro atoms. The van der Waals surface area contributed by atoms with E-state index in [4.69, 9.17) is 0 Å². The highest BCUT2D eigenvalue weighted by atomic mass is 15.1. The van der Waals surface area contributed by atoms with Gasteiger partial charge in [0.1, 0.15) is 0 Å². The van der Waals surface area contributed by atoms with E-state index in [0.717, 1.165) is 26.1 Å². The van der Waals surface area contributed by atoms with Crippen molar-refractivity contribution < 1.29 is 0 Å². The maximum Gasteiger partial charge on any atom is 0.0363 e. The molecule has 0 aliphatic rings. The van der Waals surface area contributed by atoms with Gasteiger partial charge in [-0.1, -0.05) is 18.2 Å². The highest BCUT2D eigenvalue weighted by molar-refractivity contribution is 5.44. The van der Waals surface area contributed by atoms with E-state index in [1.165, 1.54) is 11.4 Å². The zero-order valence-corrected chi connectivity index (χ0v) is 11.8. The van der Waals surface area contributed by atoms with Crippen molar-refractivity contribution in [2.75, 3.05) is 25.0 Å². The minimum Gasteiger partial charge on any atom is -0.375 e. The number of nitrogens with zero attached hydrogens (tertiary/aromatic N) is 2. The van der Waals surface area contributed by atoms with Crippen LogP contribution in [0, 0.1) is 0 Å². The predicted molar refractivity (Wildman–Crippen MR) is 81.4 cm³/mol. The maximum absolute atomic E-state index is 3.49. The van der Waals surface area contributed by atoms with Crippen molar-refractivity contribution in [2.24, 2.45) is 7.05 Å². The molecule has 0 saturated carbocycles. The lowest BCUT2D eigenvalue weighted by atomic mass is 10.3. The van der Waals surface area contributed by atoms with Crippen LogP contribution in [-0.4, -0.2) is 24.7 Å². The van der Waals surface area contributed by atoms with E-state index < -0.39 is 0 Å². The molecule has 2 rings (SSSR count). The monoisotopic (exact) mass is 257 g/mol. The number of nitrogens with one attached hydrogen (secondary N) is 1. The Morgan fingerprint density at radius 1 is 1.11 bits per heavy atom. The minimum absolute atomic E-state index is 0.943. The van der Waals surface area contributed by atoms with Crippen LogP contribution < -0.4 is 10.2 Å². The summed E-state index contributed by atoms with van der Waals surface area (Å²) in [6.07, 6.45) is 3.23. The topological polar surface area (TPSA) is 20.2 Å². The molecule has 0 bridgehead atoms. The highest BCUT2D eigenvalue weighted by Gasteiger charge is 1.99. The standard InChI is InChI=1S/C16H23N3/c1-18(15-8-4-3-5-9-15)13-7-11-17-14-16-10-6-12-19(16)2/h3-6,8-10,12,17H,7,11,13-14H2,1-2H3. The maximum atomic E-state index is 3.49. The van der Waals surface area contributed by atoms with Gasteiger partial charge in [-0.2, -0.15) is 0 Å². The quantitative estimate of drug-likeness (QED) is 0.770. The van der Waals surface area contributed by atoms with Crippen LogP contribution >= 0.6 is 0 Å². The van der Waals surface area contributed by atoms with E-state index in [2.05, 4.69) is 77.5 Å². The summed E-state index contributed by atoms with van der Waals surface area (Å²) in [6.45, 7) is 3.06. The number of hydrogen-bond donors (Lipinski definition) is 1. The van der Waals surface area contributed by atoms with Crippen molar-refractivity contribution in [1.82, 2.24) is 9.88 Å². The number of para-hydroxylation sites is 1. The second-order valence-corrected chi connectivity index (χ2v) is 4.90. The molecule has 0 aliphatic carbocycles. The summed E-state index contributed by atoms with van der Waals surface area (Å²) in [6, 6.07) is 14.8. The Bertz CT molecular complexity index is 476. The van der Waals surface area contributed by atoms with Crippen molar-refractivity contribution in [3.05, 3.63) is 54.4 Å². The molecule has 1 aromatic carbocycles. The van der Waals surface area contributed by atoms with Gasteiger partial charge in [0.2, 0.25) is 0 Å². The average molecular weight is 257 g/mol. The molecule has 1 N–H and O–H groups in total. The third-order valence-electron chi connectivity index (χ3n) is 3.40. The van der Waals surface area contributed by atoms with E-state index in [-0.39, 0.29) is 0 Å². The highest BCUT2D eigenvalue weighted by Crippen LogP contribution is 2.10. The minimum atomic E-state index is 0.943. The van der Waals surface area contributed by atoms with Gasteiger partial charge in [0, 0.05) is 44.8 Å². The fourth-order valence-corrected chi connectivity index (χ4v) is 2.15. The van der Waals surface area contributed by atoms with Gasteiger partial charge in [0.15, 0.2) is 0 Å². The van der Waals surface area contributed by atoms with E-state index in [0.29, 0.717) is 0 Å². The first-order valence-electron chi connectivity index (χ1n) is 6.84. The van der Waals surface area contributed by atoms with Gasteiger partial charge >= 0.3 is 0 Å². The predicted octanol–water partition coefficient (Wildman–Crippen LogP) is 2.64. The van der Waals surface area contributed by atoms with Crippen LogP contribution in [0.5, 0.6) is 0 Å². The fourth-order valence-electron chi connectivity index (χ4n) is 2.15. The van der Waals surface area contributed by atoms with Gasteiger partial charge in [-0.3, -0.25) is 0 Å². The fraction of sp³-hybridized carbons (Fsp3) is 0.375. The Kier molecular flexibility index (Phi) is 5.04. The SMILES string of the molecule is CN(CCCNCc1cccn1C)c1ccccc1. The van der Waals surface area contributed by atoms with Crippen molar-refractivity contribution in [1.29, 1.82) is 0 Å². The van der Waals surface area contributed by atoms with Crippen LogP contribution in [0.3, 0.4) is 0 Å². The number of rotatable bonds is 7.